The van der Waals surface area contributed by atoms with Gasteiger partial charge in [-0.2, -0.15) is 5.10 Å². The summed E-state index contributed by atoms with van der Waals surface area (Å²) in [4.78, 5) is 4.44. The van der Waals surface area contributed by atoms with E-state index >= 15 is 0 Å². The van der Waals surface area contributed by atoms with Crippen LogP contribution in [0.2, 0.25) is 0 Å². The summed E-state index contributed by atoms with van der Waals surface area (Å²) in [6, 6.07) is 4.65. The van der Waals surface area contributed by atoms with Crippen molar-refractivity contribution in [2.75, 3.05) is 0 Å². The summed E-state index contributed by atoms with van der Waals surface area (Å²) in [6.07, 6.45) is 1.38. The van der Waals surface area contributed by atoms with E-state index in [9.17, 15) is 4.39 Å². The van der Waals surface area contributed by atoms with Crippen LogP contribution in [0.3, 0.4) is 0 Å². The van der Waals surface area contributed by atoms with Crippen molar-refractivity contribution in [2.24, 2.45) is 5.73 Å². The van der Waals surface area contributed by atoms with Crippen molar-refractivity contribution in [1.82, 2.24) is 15.2 Å². The normalized spacial score (nSPS) is 12.7. The van der Waals surface area contributed by atoms with Crippen LogP contribution in [0, 0.1) is 5.82 Å². The molecule has 4 nitrogen and oxygen atoms in total. The van der Waals surface area contributed by atoms with Gasteiger partial charge in [-0.3, -0.25) is 5.10 Å². The molecule has 0 saturated carbocycles. The van der Waals surface area contributed by atoms with Gasteiger partial charge >= 0.3 is 0 Å². The van der Waals surface area contributed by atoms with Crippen molar-refractivity contribution in [1.29, 1.82) is 0 Å². The number of nitrogens with zero attached hydrogens (tertiary/aromatic N) is 2. The fraction of sp³-hybridized carbons (Fsp3) is 0.200. The molecule has 1 aromatic heterocycles. The van der Waals surface area contributed by atoms with Crippen molar-refractivity contribution in [3.05, 3.63) is 35.9 Å². The number of rotatable bonds is 3. The van der Waals surface area contributed by atoms with Gasteiger partial charge in [0.1, 0.15) is 12.1 Å². The van der Waals surface area contributed by atoms with Gasteiger partial charge in [-0.05, 0) is 30.3 Å². The molecule has 0 spiro atoms. The van der Waals surface area contributed by atoms with Gasteiger partial charge in [0.05, 0.1) is 4.90 Å². The molecule has 1 heterocycles. The third-order valence-electron chi connectivity index (χ3n) is 2.08. The third kappa shape index (κ3) is 2.23. The van der Waals surface area contributed by atoms with E-state index in [2.05, 4.69) is 15.2 Å². The fourth-order valence-corrected chi connectivity index (χ4v) is 2.26. The molecule has 3 N–H and O–H groups in total. The molecule has 6 heteroatoms. The minimum Gasteiger partial charge on any atom is -0.324 e. The lowest BCUT2D eigenvalue weighted by Crippen LogP contribution is -2.07. The maximum Gasteiger partial charge on any atom is 0.188 e. The summed E-state index contributed by atoms with van der Waals surface area (Å²) in [5.41, 5.74) is 6.55. The second-order valence-corrected chi connectivity index (χ2v) is 4.34. The lowest BCUT2D eigenvalue weighted by molar-refractivity contribution is 0.591. The summed E-state index contributed by atoms with van der Waals surface area (Å²) in [5.74, 6) is -0.295. The van der Waals surface area contributed by atoms with Gasteiger partial charge in [0.2, 0.25) is 0 Å². The molecule has 2 rings (SSSR count). The molecule has 0 saturated heterocycles. The summed E-state index contributed by atoms with van der Waals surface area (Å²) in [6.45, 7) is 1.82. The van der Waals surface area contributed by atoms with E-state index in [1.54, 1.807) is 6.07 Å². The Bertz CT molecular complexity index is 470. The number of nitrogens with one attached hydrogen (secondary N) is 1. The highest BCUT2D eigenvalue weighted by molar-refractivity contribution is 7.99. The lowest BCUT2D eigenvalue weighted by atomic mass is 10.1. The molecule has 0 amide bonds. The monoisotopic (exact) mass is 238 g/mol. The Hall–Kier alpha value is -1.40. The number of halogens is 1. The molecule has 84 valence electrons. The molecule has 1 unspecified atom stereocenters. The summed E-state index contributed by atoms with van der Waals surface area (Å²) in [5, 5.41) is 6.93. The number of aromatic nitrogens is 3. The number of H-pyrrole nitrogens is 1. The van der Waals surface area contributed by atoms with Crippen LogP contribution in [-0.2, 0) is 0 Å². The predicted molar refractivity (Wildman–Crippen MR) is 59.5 cm³/mol. The first-order valence-corrected chi connectivity index (χ1v) is 5.57. The predicted octanol–water partition coefficient (Wildman–Crippen LogP) is 2.11. The van der Waals surface area contributed by atoms with E-state index in [1.807, 2.05) is 13.0 Å². The number of nitrogens with two attached hydrogens (primary N) is 1. The fourth-order valence-electron chi connectivity index (χ4n) is 1.33. The van der Waals surface area contributed by atoms with Crippen LogP contribution in [0.25, 0.3) is 0 Å². The van der Waals surface area contributed by atoms with Crippen LogP contribution >= 0.6 is 11.8 Å². The van der Waals surface area contributed by atoms with E-state index in [4.69, 9.17) is 5.73 Å². The van der Waals surface area contributed by atoms with Crippen LogP contribution in [0.5, 0.6) is 0 Å². The van der Waals surface area contributed by atoms with E-state index in [0.29, 0.717) is 10.1 Å². The molecular formula is C10H11FN4S. The SMILES string of the molecule is CC(N)c1cccc(F)c1Sc1ncn[nH]1. The first-order chi connectivity index (χ1) is 7.68. The molecule has 0 aliphatic rings. The van der Waals surface area contributed by atoms with E-state index in [0.717, 1.165) is 5.56 Å². The second kappa shape index (κ2) is 4.63. The molecule has 16 heavy (non-hydrogen) atoms. The van der Waals surface area contributed by atoms with Crippen molar-refractivity contribution in [2.45, 2.75) is 23.0 Å². The summed E-state index contributed by atoms with van der Waals surface area (Å²) in [7, 11) is 0. The largest absolute Gasteiger partial charge is 0.324 e. The molecule has 1 atom stereocenters. The van der Waals surface area contributed by atoms with Crippen LogP contribution < -0.4 is 5.73 Å². The average molecular weight is 238 g/mol. The van der Waals surface area contributed by atoms with Crippen LogP contribution in [-0.4, -0.2) is 15.2 Å². The topological polar surface area (TPSA) is 67.6 Å². The zero-order valence-electron chi connectivity index (χ0n) is 8.64. The Morgan fingerprint density at radius 1 is 1.50 bits per heavy atom. The van der Waals surface area contributed by atoms with Gasteiger partial charge in [0, 0.05) is 6.04 Å². The molecule has 0 fully saturated rings. The van der Waals surface area contributed by atoms with Gasteiger partial charge in [-0.15, -0.1) is 0 Å². The van der Waals surface area contributed by atoms with Crippen molar-refractivity contribution in [3.63, 3.8) is 0 Å². The van der Waals surface area contributed by atoms with Crippen LogP contribution in [0.4, 0.5) is 4.39 Å². The van der Waals surface area contributed by atoms with Gasteiger partial charge in [0.15, 0.2) is 5.16 Å². The van der Waals surface area contributed by atoms with Crippen molar-refractivity contribution >= 4 is 11.8 Å². The quantitative estimate of drug-likeness (QED) is 0.859. The highest BCUT2D eigenvalue weighted by Crippen LogP contribution is 2.32. The molecule has 0 radical (unpaired) electrons. The van der Waals surface area contributed by atoms with Crippen molar-refractivity contribution in [3.8, 4) is 0 Å². The average Bonchev–Trinajstić information content (AvgIpc) is 2.73. The van der Waals surface area contributed by atoms with Crippen LogP contribution in [0.1, 0.15) is 18.5 Å². The van der Waals surface area contributed by atoms with Gasteiger partial charge in [-0.25, -0.2) is 9.37 Å². The van der Waals surface area contributed by atoms with E-state index < -0.39 is 0 Å². The molecule has 1 aromatic carbocycles. The van der Waals surface area contributed by atoms with Gasteiger partial charge < -0.3 is 5.73 Å². The highest BCUT2D eigenvalue weighted by atomic mass is 32.2. The minimum atomic E-state index is -0.295. The zero-order chi connectivity index (χ0) is 11.5. The first kappa shape index (κ1) is 11.1. The van der Waals surface area contributed by atoms with E-state index in [1.165, 1.54) is 24.2 Å². The van der Waals surface area contributed by atoms with E-state index in [-0.39, 0.29) is 11.9 Å². The number of hydrogen-bond donors (Lipinski definition) is 2. The molecule has 0 aliphatic carbocycles. The van der Waals surface area contributed by atoms with Gasteiger partial charge in [-0.1, -0.05) is 12.1 Å². The Kier molecular flexibility index (Phi) is 3.21. The lowest BCUT2D eigenvalue weighted by Gasteiger charge is -2.11. The highest BCUT2D eigenvalue weighted by Gasteiger charge is 2.13. The molecule has 2 aromatic rings. The molecule has 0 bridgehead atoms. The second-order valence-electron chi connectivity index (χ2n) is 3.34. The Morgan fingerprint density at radius 2 is 2.31 bits per heavy atom. The zero-order valence-corrected chi connectivity index (χ0v) is 9.46. The van der Waals surface area contributed by atoms with Crippen molar-refractivity contribution < 1.29 is 4.39 Å². The smallest absolute Gasteiger partial charge is 0.188 e. The number of hydrogen-bond acceptors (Lipinski definition) is 4. The summed E-state index contributed by atoms with van der Waals surface area (Å²) < 4.78 is 13.7. The standard InChI is InChI=1S/C10H11FN4S/c1-6(12)7-3-2-4-8(11)9(7)16-10-13-5-14-15-10/h2-6H,12H2,1H3,(H,13,14,15). The first-order valence-electron chi connectivity index (χ1n) is 4.75. The molecular weight excluding hydrogens is 227 g/mol. The Balaban J connectivity index is 2.38. The molecule has 0 aliphatic heterocycles. The van der Waals surface area contributed by atoms with Crippen LogP contribution in [0.15, 0.2) is 34.6 Å². The maximum absolute atomic E-state index is 13.7. The van der Waals surface area contributed by atoms with Gasteiger partial charge in [0.25, 0.3) is 0 Å². The Labute approximate surface area is 96.5 Å². The third-order valence-corrected chi connectivity index (χ3v) is 3.10. The number of benzene rings is 1. The maximum atomic E-state index is 13.7. The summed E-state index contributed by atoms with van der Waals surface area (Å²) >= 11 is 1.19. The number of aromatic amines is 1. The minimum absolute atomic E-state index is 0.221. The Morgan fingerprint density at radius 3 is 2.94 bits per heavy atom.